The Balaban J connectivity index is 2.16. The summed E-state index contributed by atoms with van der Waals surface area (Å²) in [4.78, 5) is 0. The average molecular weight is 252 g/mol. The molecular formula is C12H14BrN. The van der Waals surface area contributed by atoms with Gasteiger partial charge in [-0.2, -0.15) is 0 Å². The van der Waals surface area contributed by atoms with Crippen molar-refractivity contribution in [3.63, 3.8) is 0 Å². The minimum atomic E-state index is 0.358. The van der Waals surface area contributed by atoms with E-state index < -0.39 is 0 Å². The summed E-state index contributed by atoms with van der Waals surface area (Å²) in [5.74, 6) is 0. The average Bonchev–Trinajstić information content (AvgIpc) is 2.80. The van der Waals surface area contributed by atoms with E-state index in [0.717, 1.165) is 0 Å². The minimum absolute atomic E-state index is 0.358. The minimum Gasteiger partial charge on any atom is -0.327 e. The maximum Gasteiger partial charge on any atom is 0.0210 e. The Morgan fingerprint density at radius 2 is 2.21 bits per heavy atom. The van der Waals surface area contributed by atoms with Crippen LogP contribution in [0.5, 0.6) is 0 Å². The zero-order chi connectivity index (χ0) is 9.76. The zero-order valence-corrected chi connectivity index (χ0v) is 9.68. The third-order valence-corrected chi connectivity index (χ3v) is 4.58. The van der Waals surface area contributed by atoms with Crippen LogP contribution in [0.1, 0.15) is 30.4 Å². The van der Waals surface area contributed by atoms with Crippen LogP contribution in [0.15, 0.2) is 22.7 Å². The summed E-state index contributed by atoms with van der Waals surface area (Å²) in [5.41, 5.74) is 9.47. The molecule has 2 atom stereocenters. The highest BCUT2D eigenvalue weighted by Crippen LogP contribution is 2.55. The highest BCUT2D eigenvalue weighted by Gasteiger charge is 2.54. The number of hydrogen-bond acceptors (Lipinski definition) is 1. The third kappa shape index (κ3) is 1.04. The Labute approximate surface area is 92.8 Å². The first-order valence-electron chi connectivity index (χ1n) is 5.27. The van der Waals surface area contributed by atoms with E-state index in [1.165, 1.54) is 41.3 Å². The van der Waals surface area contributed by atoms with Gasteiger partial charge < -0.3 is 5.73 Å². The van der Waals surface area contributed by atoms with Gasteiger partial charge in [-0.05, 0) is 42.9 Å². The first-order valence-corrected chi connectivity index (χ1v) is 6.07. The SMILES string of the molecule is NC1CC12CCCc1c(Br)cccc12. The van der Waals surface area contributed by atoms with Crippen LogP contribution in [0, 0.1) is 0 Å². The van der Waals surface area contributed by atoms with Crippen molar-refractivity contribution in [2.24, 2.45) is 5.73 Å². The highest BCUT2D eigenvalue weighted by molar-refractivity contribution is 9.10. The fourth-order valence-electron chi connectivity index (χ4n) is 2.93. The molecule has 74 valence electrons. The van der Waals surface area contributed by atoms with Crippen LogP contribution in [-0.4, -0.2) is 6.04 Å². The lowest BCUT2D eigenvalue weighted by Gasteiger charge is -2.26. The predicted molar refractivity (Wildman–Crippen MR) is 61.4 cm³/mol. The molecule has 2 unspecified atom stereocenters. The highest BCUT2D eigenvalue weighted by atomic mass is 79.9. The van der Waals surface area contributed by atoms with Gasteiger partial charge in [-0.15, -0.1) is 0 Å². The van der Waals surface area contributed by atoms with E-state index in [9.17, 15) is 0 Å². The second kappa shape index (κ2) is 2.83. The molecule has 1 fully saturated rings. The van der Waals surface area contributed by atoms with Gasteiger partial charge in [0.1, 0.15) is 0 Å². The molecule has 0 amide bonds. The first-order chi connectivity index (χ1) is 6.74. The van der Waals surface area contributed by atoms with E-state index in [-0.39, 0.29) is 0 Å². The van der Waals surface area contributed by atoms with E-state index in [0.29, 0.717) is 11.5 Å². The summed E-state index contributed by atoms with van der Waals surface area (Å²) < 4.78 is 1.27. The summed E-state index contributed by atoms with van der Waals surface area (Å²) in [5, 5.41) is 0. The van der Waals surface area contributed by atoms with E-state index in [2.05, 4.69) is 34.1 Å². The third-order valence-electron chi connectivity index (χ3n) is 3.84. The number of nitrogens with two attached hydrogens (primary N) is 1. The van der Waals surface area contributed by atoms with Crippen LogP contribution in [0.3, 0.4) is 0 Å². The zero-order valence-electron chi connectivity index (χ0n) is 8.09. The van der Waals surface area contributed by atoms with Crippen LogP contribution in [0.4, 0.5) is 0 Å². The van der Waals surface area contributed by atoms with Crippen molar-refractivity contribution in [3.8, 4) is 0 Å². The maximum absolute atomic E-state index is 6.08. The van der Waals surface area contributed by atoms with Crippen LogP contribution in [-0.2, 0) is 11.8 Å². The number of halogens is 1. The van der Waals surface area contributed by atoms with Crippen LogP contribution in [0.2, 0.25) is 0 Å². The molecule has 0 aliphatic heterocycles. The van der Waals surface area contributed by atoms with Crippen LogP contribution >= 0.6 is 15.9 Å². The lowest BCUT2D eigenvalue weighted by atomic mass is 9.80. The molecule has 14 heavy (non-hydrogen) atoms. The molecule has 1 nitrogen and oxygen atoms in total. The molecule has 0 saturated heterocycles. The van der Waals surface area contributed by atoms with E-state index in [1.807, 2.05) is 0 Å². The monoisotopic (exact) mass is 251 g/mol. The molecule has 2 N–H and O–H groups in total. The van der Waals surface area contributed by atoms with Crippen molar-refractivity contribution in [2.75, 3.05) is 0 Å². The Kier molecular flexibility index (Phi) is 1.80. The summed E-state index contributed by atoms with van der Waals surface area (Å²) in [7, 11) is 0. The molecule has 0 aromatic heterocycles. The van der Waals surface area contributed by atoms with E-state index >= 15 is 0 Å². The fraction of sp³-hybridized carbons (Fsp3) is 0.500. The lowest BCUT2D eigenvalue weighted by molar-refractivity contribution is 0.524. The van der Waals surface area contributed by atoms with Crippen molar-refractivity contribution in [1.82, 2.24) is 0 Å². The predicted octanol–water partition coefficient (Wildman–Crippen LogP) is 2.75. The molecule has 0 radical (unpaired) electrons. The van der Waals surface area contributed by atoms with Crippen molar-refractivity contribution in [2.45, 2.75) is 37.1 Å². The molecule has 0 heterocycles. The number of hydrogen-bond donors (Lipinski definition) is 1. The summed E-state index contributed by atoms with van der Waals surface area (Å²) in [6.07, 6.45) is 4.99. The van der Waals surface area contributed by atoms with Gasteiger partial charge in [-0.3, -0.25) is 0 Å². The molecule has 2 heteroatoms. The topological polar surface area (TPSA) is 26.0 Å². The molecule has 1 aromatic rings. The molecule has 3 rings (SSSR count). The van der Waals surface area contributed by atoms with Gasteiger partial charge in [-0.25, -0.2) is 0 Å². The molecule has 1 spiro atoms. The van der Waals surface area contributed by atoms with Gasteiger partial charge in [0.05, 0.1) is 0 Å². The van der Waals surface area contributed by atoms with Crippen molar-refractivity contribution in [3.05, 3.63) is 33.8 Å². The van der Waals surface area contributed by atoms with Crippen molar-refractivity contribution >= 4 is 15.9 Å². The molecule has 1 saturated carbocycles. The van der Waals surface area contributed by atoms with E-state index in [1.54, 1.807) is 0 Å². The summed E-state index contributed by atoms with van der Waals surface area (Å²) >= 11 is 3.64. The van der Waals surface area contributed by atoms with Gasteiger partial charge in [0.2, 0.25) is 0 Å². The maximum atomic E-state index is 6.08. The Hall–Kier alpha value is -0.340. The normalized spacial score (nSPS) is 34.3. The number of rotatable bonds is 0. The van der Waals surface area contributed by atoms with Crippen molar-refractivity contribution < 1.29 is 0 Å². The molecular weight excluding hydrogens is 238 g/mol. The Morgan fingerprint density at radius 3 is 2.93 bits per heavy atom. The fourth-order valence-corrected chi connectivity index (χ4v) is 3.49. The molecule has 0 bridgehead atoms. The van der Waals surface area contributed by atoms with Crippen LogP contribution < -0.4 is 5.73 Å². The first kappa shape index (κ1) is 8.93. The molecule has 2 aliphatic rings. The quantitative estimate of drug-likeness (QED) is 0.754. The smallest absolute Gasteiger partial charge is 0.0210 e. The Morgan fingerprint density at radius 1 is 1.43 bits per heavy atom. The van der Waals surface area contributed by atoms with Crippen molar-refractivity contribution in [1.29, 1.82) is 0 Å². The van der Waals surface area contributed by atoms with Gasteiger partial charge in [0, 0.05) is 15.9 Å². The van der Waals surface area contributed by atoms with Crippen LogP contribution in [0.25, 0.3) is 0 Å². The number of benzene rings is 1. The largest absolute Gasteiger partial charge is 0.327 e. The van der Waals surface area contributed by atoms with E-state index in [4.69, 9.17) is 5.73 Å². The summed E-state index contributed by atoms with van der Waals surface area (Å²) in [6, 6.07) is 6.97. The van der Waals surface area contributed by atoms with Gasteiger partial charge >= 0.3 is 0 Å². The van der Waals surface area contributed by atoms with Gasteiger partial charge in [0.25, 0.3) is 0 Å². The lowest BCUT2D eigenvalue weighted by Crippen LogP contribution is -2.24. The standard InChI is InChI=1S/C12H14BrN/c13-10-5-1-4-9-8(10)3-2-6-12(9)7-11(12)14/h1,4-5,11H,2-3,6-7,14H2. The molecule has 1 aromatic carbocycles. The van der Waals surface area contributed by atoms with Gasteiger partial charge in [0.15, 0.2) is 0 Å². The number of fused-ring (bicyclic) bond motifs is 2. The Bertz CT molecular complexity index is 388. The summed E-state index contributed by atoms with van der Waals surface area (Å²) in [6.45, 7) is 0. The van der Waals surface area contributed by atoms with Gasteiger partial charge in [-0.1, -0.05) is 28.1 Å². The molecule has 2 aliphatic carbocycles. The second-order valence-corrected chi connectivity index (χ2v) is 5.44. The second-order valence-electron chi connectivity index (χ2n) is 4.59.